The fourth-order valence-corrected chi connectivity index (χ4v) is 2.43. The van der Waals surface area contributed by atoms with Crippen molar-refractivity contribution < 1.29 is 0 Å². The maximum absolute atomic E-state index is 4.40. The number of aryl methyl sites for hydroxylation is 4. The maximum Gasteiger partial charge on any atom is 0.0590 e. The fraction of sp³-hybridized carbons (Fsp3) is 0.200. The lowest BCUT2D eigenvalue weighted by Gasteiger charge is -2.05. The molecule has 0 aliphatic rings. The van der Waals surface area contributed by atoms with Crippen molar-refractivity contribution in [2.75, 3.05) is 0 Å². The molecule has 2 nitrogen and oxygen atoms in total. The van der Waals surface area contributed by atoms with Crippen LogP contribution in [0.1, 0.15) is 22.5 Å². The van der Waals surface area contributed by atoms with E-state index in [9.17, 15) is 0 Å². The molecule has 0 radical (unpaired) electrons. The number of benzene rings is 2. The Labute approximate surface area is 131 Å². The summed E-state index contributed by atoms with van der Waals surface area (Å²) in [6.07, 6.45) is 5.62. The molecule has 0 aliphatic heterocycles. The minimum Gasteiger partial charge on any atom is -0.258 e. The van der Waals surface area contributed by atoms with Gasteiger partial charge in [-0.15, -0.1) is 0 Å². The third-order valence-electron chi connectivity index (χ3n) is 3.84. The molecular weight excluding hydrogens is 268 g/mol. The first-order valence-corrected chi connectivity index (χ1v) is 7.64. The molecule has 0 atom stereocenters. The first-order valence-electron chi connectivity index (χ1n) is 7.64. The monoisotopic (exact) mass is 288 g/mol. The molecule has 2 aromatic carbocycles. The Morgan fingerprint density at radius 1 is 0.682 bits per heavy atom. The molecule has 0 fully saturated rings. The van der Waals surface area contributed by atoms with Gasteiger partial charge in [-0.1, -0.05) is 54.1 Å². The number of nitrogens with zero attached hydrogens (tertiary/aromatic N) is 2. The summed E-state index contributed by atoms with van der Waals surface area (Å²) in [6.45, 7) is 4.07. The summed E-state index contributed by atoms with van der Waals surface area (Å²) in [5, 5.41) is 0. The Morgan fingerprint density at radius 2 is 1.32 bits per heavy atom. The van der Waals surface area contributed by atoms with Crippen LogP contribution in [0.4, 0.5) is 0 Å². The van der Waals surface area contributed by atoms with Gasteiger partial charge in [-0.3, -0.25) is 9.97 Å². The van der Waals surface area contributed by atoms with Gasteiger partial charge in [0.2, 0.25) is 0 Å². The summed E-state index contributed by atoms with van der Waals surface area (Å²) in [7, 11) is 0. The third kappa shape index (κ3) is 3.59. The van der Waals surface area contributed by atoms with Crippen LogP contribution in [0.25, 0.3) is 11.1 Å². The molecule has 0 unspecified atom stereocenters. The number of hydrogen-bond acceptors (Lipinski definition) is 2. The minimum atomic E-state index is 0.928. The molecule has 2 heteroatoms. The van der Waals surface area contributed by atoms with Crippen molar-refractivity contribution in [3.8, 4) is 11.1 Å². The van der Waals surface area contributed by atoms with E-state index in [4.69, 9.17) is 0 Å². The van der Waals surface area contributed by atoms with Crippen molar-refractivity contribution in [1.82, 2.24) is 9.97 Å². The molecule has 0 spiro atoms. The summed E-state index contributed by atoms with van der Waals surface area (Å²) < 4.78 is 0. The van der Waals surface area contributed by atoms with Crippen molar-refractivity contribution >= 4 is 0 Å². The average Bonchev–Trinajstić information content (AvgIpc) is 2.56. The van der Waals surface area contributed by atoms with Gasteiger partial charge in [-0.25, -0.2) is 0 Å². The van der Waals surface area contributed by atoms with Crippen molar-refractivity contribution in [2.24, 2.45) is 0 Å². The van der Waals surface area contributed by atoms with Crippen LogP contribution < -0.4 is 0 Å². The molecule has 22 heavy (non-hydrogen) atoms. The van der Waals surface area contributed by atoms with Gasteiger partial charge < -0.3 is 0 Å². The van der Waals surface area contributed by atoms with E-state index < -0.39 is 0 Å². The normalized spacial score (nSPS) is 10.6. The van der Waals surface area contributed by atoms with Crippen LogP contribution in [0.3, 0.4) is 0 Å². The van der Waals surface area contributed by atoms with Gasteiger partial charge in [0.15, 0.2) is 0 Å². The van der Waals surface area contributed by atoms with Crippen LogP contribution in [0.15, 0.2) is 60.9 Å². The highest BCUT2D eigenvalue weighted by Gasteiger charge is 2.00. The van der Waals surface area contributed by atoms with Crippen LogP contribution >= 0.6 is 0 Å². The van der Waals surface area contributed by atoms with E-state index in [-0.39, 0.29) is 0 Å². The van der Waals surface area contributed by atoms with E-state index in [1.165, 1.54) is 22.3 Å². The minimum absolute atomic E-state index is 0.928. The molecule has 1 heterocycles. The van der Waals surface area contributed by atoms with E-state index in [1.54, 1.807) is 0 Å². The number of aromatic nitrogens is 2. The van der Waals surface area contributed by atoms with E-state index in [2.05, 4.69) is 65.4 Å². The SMILES string of the molecule is Cc1ccc(-c2ccc(CCc3cnc(C)cn3)cc2)cc1. The lowest BCUT2D eigenvalue weighted by molar-refractivity contribution is 0.891. The Hall–Kier alpha value is -2.48. The molecule has 3 aromatic rings. The molecule has 3 rings (SSSR count). The number of rotatable bonds is 4. The molecule has 110 valence electrons. The smallest absolute Gasteiger partial charge is 0.0590 e. The fourth-order valence-electron chi connectivity index (χ4n) is 2.43. The van der Waals surface area contributed by atoms with Gasteiger partial charge >= 0.3 is 0 Å². The molecule has 0 saturated heterocycles. The van der Waals surface area contributed by atoms with Crippen LogP contribution in [-0.4, -0.2) is 9.97 Å². The lowest BCUT2D eigenvalue weighted by atomic mass is 10.0. The highest BCUT2D eigenvalue weighted by atomic mass is 14.8. The van der Waals surface area contributed by atoms with Crippen LogP contribution in [-0.2, 0) is 12.8 Å². The number of hydrogen-bond donors (Lipinski definition) is 0. The largest absolute Gasteiger partial charge is 0.258 e. The average molecular weight is 288 g/mol. The van der Waals surface area contributed by atoms with Gasteiger partial charge in [-0.05, 0) is 43.4 Å². The predicted molar refractivity (Wildman–Crippen MR) is 90.8 cm³/mol. The van der Waals surface area contributed by atoms with E-state index >= 15 is 0 Å². The summed E-state index contributed by atoms with van der Waals surface area (Å²) in [6, 6.07) is 17.5. The molecule has 0 bridgehead atoms. The topological polar surface area (TPSA) is 25.8 Å². The molecule has 0 N–H and O–H groups in total. The second-order valence-electron chi connectivity index (χ2n) is 5.71. The summed E-state index contributed by atoms with van der Waals surface area (Å²) >= 11 is 0. The van der Waals surface area contributed by atoms with E-state index in [0.717, 1.165) is 24.2 Å². The highest BCUT2D eigenvalue weighted by Crippen LogP contribution is 2.20. The van der Waals surface area contributed by atoms with Gasteiger partial charge in [0.1, 0.15) is 0 Å². The Bertz CT molecular complexity index is 726. The van der Waals surface area contributed by atoms with Crippen LogP contribution in [0.5, 0.6) is 0 Å². The van der Waals surface area contributed by atoms with Crippen LogP contribution in [0.2, 0.25) is 0 Å². The lowest BCUT2D eigenvalue weighted by Crippen LogP contribution is -1.96. The molecule has 0 aliphatic carbocycles. The quantitative estimate of drug-likeness (QED) is 0.704. The van der Waals surface area contributed by atoms with Gasteiger partial charge in [-0.2, -0.15) is 0 Å². The maximum atomic E-state index is 4.40. The molecule has 1 aromatic heterocycles. The first kappa shape index (κ1) is 14.5. The summed E-state index contributed by atoms with van der Waals surface area (Å²) in [5.41, 5.74) is 7.16. The molecular formula is C20H20N2. The van der Waals surface area contributed by atoms with Crippen molar-refractivity contribution in [2.45, 2.75) is 26.7 Å². The van der Waals surface area contributed by atoms with Gasteiger partial charge in [0.25, 0.3) is 0 Å². The van der Waals surface area contributed by atoms with Crippen LogP contribution in [0, 0.1) is 13.8 Å². The van der Waals surface area contributed by atoms with E-state index in [1.807, 2.05) is 19.3 Å². The van der Waals surface area contributed by atoms with Crippen molar-refractivity contribution in [3.05, 3.63) is 83.4 Å². The zero-order valence-electron chi connectivity index (χ0n) is 13.1. The zero-order chi connectivity index (χ0) is 15.4. The Balaban J connectivity index is 1.66. The highest BCUT2D eigenvalue weighted by molar-refractivity contribution is 5.63. The van der Waals surface area contributed by atoms with E-state index in [0.29, 0.717) is 0 Å². The zero-order valence-corrected chi connectivity index (χ0v) is 13.1. The van der Waals surface area contributed by atoms with Crippen molar-refractivity contribution in [3.63, 3.8) is 0 Å². The second kappa shape index (κ2) is 6.52. The Morgan fingerprint density at radius 3 is 1.91 bits per heavy atom. The molecule has 0 saturated carbocycles. The summed E-state index contributed by atoms with van der Waals surface area (Å²) in [5.74, 6) is 0. The van der Waals surface area contributed by atoms with Gasteiger partial charge in [0.05, 0.1) is 11.4 Å². The summed E-state index contributed by atoms with van der Waals surface area (Å²) in [4.78, 5) is 8.69. The molecule has 0 amide bonds. The van der Waals surface area contributed by atoms with Gasteiger partial charge in [0, 0.05) is 12.4 Å². The first-order chi connectivity index (χ1) is 10.7. The second-order valence-corrected chi connectivity index (χ2v) is 5.71. The third-order valence-corrected chi connectivity index (χ3v) is 3.84. The Kier molecular flexibility index (Phi) is 4.29. The van der Waals surface area contributed by atoms with Crippen molar-refractivity contribution in [1.29, 1.82) is 0 Å². The standard InChI is InChI=1S/C20H20N2/c1-15-3-8-18(9-4-15)19-10-5-17(6-11-19)7-12-20-14-21-16(2)13-22-20/h3-6,8-11,13-14H,7,12H2,1-2H3. The predicted octanol–water partition coefficient (Wildman–Crippen LogP) is 4.55.